The molecule has 0 saturated carbocycles. The minimum atomic E-state index is -3.94. The van der Waals surface area contributed by atoms with Gasteiger partial charge in [-0.05, 0) is 55.3 Å². The van der Waals surface area contributed by atoms with E-state index < -0.39 is 10.0 Å². The number of amides is 1. The van der Waals surface area contributed by atoms with Gasteiger partial charge in [0, 0.05) is 11.6 Å². The summed E-state index contributed by atoms with van der Waals surface area (Å²) in [4.78, 5) is 12.7. The van der Waals surface area contributed by atoms with E-state index in [2.05, 4.69) is 5.32 Å². The fourth-order valence-electron chi connectivity index (χ4n) is 2.94. The molecule has 30 heavy (non-hydrogen) atoms. The molecule has 156 valence electrons. The largest absolute Gasteiger partial charge is 0.354 e. The van der Waals surface area contributed by atoms with E-state index >= 15 is 0 Å². The summed E-state index contributed by atoms with van der Waals surface area (Å²) in [6.45, 7) is 2.02. The van der Waals surface area contributed by atoms with E-state index in [1.54, 1.807) is 12.1 Å². The number of carbonyl (C=O) groups excluding carboxylic acids is 1. The number of nitrogens with one attached hydrogen (secondary N) is 1. The molecule has 0 spiro atoms. The monoisotopic (exact) mass is 442 g/mol. The third-order valence-corrected chi connectivity index (χ3v) is 6.63. The molecule has 0 saturated heterocycles. The second-order valence-electron chi connectivity index (χ2n) is 6.89. The molecule has 0 bridgehead atoms. The molecule has 7 heteroatoms. The van der Waals surface area contributed by atoms with Crippen LogP contribution in [0.4, 0.5) is 5.69 Å². The van der Waals surface area contributed by atoms with Gasteiger partial charge in [0.25, 0.3) is 10.0 Å². The van der Waals surface area contributed by atoms with Crippen LogP contribution in [0, 0.1) is 6.92 Å². The van der Waals surface area contributed by atoms with Crippen molar-refractivity contribution in [3.05, 3.63) is 95.0 Å². The van der Waals surface area contributed by atoms with Gasteiger partial charge in [-0.3, -0.25) is 9.10 Å². The zero-order chi connectivity index (χ0) is 21.6. The van der Waals surface area contributed by atoms with Crippen molar-refractivity contribution in [2.75, 3.05) is 17.4 Å². The second-order valence-corrected chi connectivity index (χ2v) is 9.19. The Bertz CT molecular complexity index is 1080. The topological polar surface area (TPSA) is 66.5 Å². The maximum atomic E-state index is 13.3. The highest BCUT2D eigenvalue weighted by Crippen LogP contribution is 2.25. The van der Waals surface area contributed by atoms with E-state index in [1.165, 1.54) is 24.3 Å². The number of rotatable bonds is 8. The average molecular weight is 443 g/mol. The molecule has 5 nitrogen and oxygen atoms in total. The Morgan fingerprint density at radius 2 is 1.57 bits per heavy atom. The van der Waals surface area contributed by atoms with E-state index in [0.717, 1.165) is 15.4 Å². The summed E-state index contributed by atoms with van der Waals surface area (Å²) in [6, 6.07) is 22.7. The SMILES string of the molecule is Cc1ccc(N(CC(=O)NCCc2ccccc2)S(=O)(=O)c2ccc(Cl)cc2)cc1. The molecule has 0 atom stereocenters. The van der Waals surface area contributed by atoms with Gasteiger partial charge in [-0.25, -0.2) is 8.42 Å². The van der Waals surface area contributed by atoms with Gasteiger partial charge >= 0.3 is 0 Å². The molecular weight excluding hydrogens is 420 g/mol. The minimum Gasteiger partial charge on any atom is -0.354 e. The highest BCUT2D eigenvalue weighted by molar-refractivity contribution is 7.92. The first-order valence-corrected chi connectivity index (χ1v) is 11.3. The Hall–Kier alpha value is -2.83. The van der Waals surface area contributed by atoms with E-state index in [0.29, 0.717) is 23.7 Å². The highest BCUT2D eigenvalue weighted by atomic mass is 35.5. The summed E-state index contributed by atoms with van der Waals surface area (Å²) in [7, 11) is -3.94. The molecule has 3 aromatic carbocycles. The van der Waals surface area contributed by atoms with Crippen LogP contribution in [0.15, 0.2) is 83.8 Å². The van der Waals surface area contributed by atoms with Gasteiger partial charge in [0.15, 0.2) is 0 Å². The second kappa shape index (κ2) is 9.78. The van der Waals surface area contributed by atoms with Crippen molar-refractivity contribution in [1.82, 2.24) is 5.32 Å². The first-order valence-electron chi connectivity index (χ1n) is 9.52. The lowest BCUT2D eigenvalue weighted by Crippen LogP contribution is -2.41. The molecule has 0 aromatic heterocycles. The molecular formula is C23H23ClN2O3S. The number of sulfonamides is 1. The number of hydrogen-bond acceptors (Lipinski definition) is 3. The number of aryl methyl sites for hydroxylation is 1. The van der Waals surface area contributed by atoms with Crippen molar-refractivity contribution in [3.8, 4) is 0 Å². The quantitative estimate of drug-likeness (QED) is 0.568. The summed E-state index contributed by atoms with van der Waals surface area (Å²) >= 11 is 5.90. The number of halogens is 1. The summed E-state index contributed by atoms with van der Waals surface area (Å²) in [6.07, 6.45) is 0.668. The Kier molecular flexibility index (Phi) is 7.13. The van der Waals surface area contributed by atoms with E-state index in [4.69, 9.17) is 11.6 Å². The van der Waals surface area contributed by atoms with Crippen molar-refractivity contribution < 1.29 is 13.2 Å². The van der Waals surface area contributed by atoms with Crippen molar-refractivity contribution in [3.63, 3.8) is 0 Å². The summed E-state index contributed by atoms with van der Waals surface area (Å²) < 4.78 is 27.6. The van der Waals surface area contributed by atoms with Crippen LogP contribution < -0.4 is 9.62 Å². The zero-order valence-corrected chi connectivity index (χ0v) is 18.2. The van der Waals surface area contributed by atoms with Crippen molar-refractivity contribution in [1.29, 1.82) is 0 Å². The van der Waals surface area contributed by atoms with Crippen molar-refractivity contribution in [2.45, 2.75) is 18.2 Å². The molecule has 0 aliphatic carbocycles. The first kappa shape index (κ1) is 21.9. The maximum Gasteiger partial charge on any atom is 0.264 e. The normalized spacial score (nSPS) is 11.1. The zero-order valence-electron chi connectivity index (χ0n) is 16.6. The number of hydrogen-bond donors (Lipinski definition) is 1. The fourth-order valence-corrected chi connectivity index (χ4v) is 4.48. The van der Waals surface area contributed by atoms with Gasteiger partial charge in [0.2, 0.25) is 5.91 Å². The van der Waals surface area contributed by atoms with Crippen molar-refractivity contribution in [2.24, 2.45) is 0 Å². The van der Waals surface area contributed by atoms with Crippen molar-refractivity contribution >= 4 is 33.2 Å². The number of anilines is 1. The number of benzene rings is 3. The maximum absolute atomic E-state index is 13.3. The minimum absolute atomic E-state index is 0.0737. The summed E-state index contributed by atoms with van der Waals surface area (Å²) in [5.74, 6) is -0.371. The van der Waals surface area contributed by atoms with Crippen LogP contribution in [0.25, 0.3) is 0 Å². The third kappa shape index (κ3) is 5.62. The number of nitrogens with zero attached hydrogens (tertiary/aromatic N) is 1. The molecule has 3 aromatic rings. The van der Waals surface area contributed by atoms with Gasteiger partial charge in [-0.15, -0.1) is 0 Å². The standard InChI is InChI=1S/C23H23ClN2O3S/c1-18-7-11-21(12-8-18)26(30(28,29)22-13-9-20(24)10-14-22)17-23(27)25-16-15-19-5-3-2-4-6-19/h2-14H,15-17H2,1H3,(H,25,27). The predicted molar refractivity (Wildman–Crippen MR) is 120 cm³/mol. The Morgan fingerprint density at radius 3 is 2.20 bits per heavy atom. The predicted octanol–water partition coefficient (Wildman–Crippen LogP) is 4.20. The Labute approximate surface area is 182 Å². The Morgan fingerprint density at radius 1 is 0.933 bits per heavy atom. The van der Waals surface area contributed by atoms with Gasteiger partial charge in [-0.1, -0.05) is 59.6 Å². The molecule has 0 aliphatic heterocycles. The molecule has 1 amide bonds. The molecule has 3 rings (SSSR count). The summed E-state index contributed by atoms with van der Waals surface area (Å²) in [5, 5.41) is 3.25. The van der Waals surface area contributed by atoms with Crippen LogP contribution >= 0.6 is 11.6 Å². The lowest BCUT2D eigenvalue weighted by molar-refractivity contribution is -0.119. The summed E-state index contributed by atoms with van der Waals surface area (Å²) in [5.41, 5.74) is 2.52. The van der Waals surface area contributed by atoms with Crippen LogP contribution in [-0.2, 0) is 21.2 Å². The highest BCUT2D eigenvalue weighted by Gasteiger charge is 2.27. The average Bonchev–Trinajstić information content (AvgIpc) is 2.74. The van der Waals surface area contributed by atoms with E-state index in [1.807, 2.05) is 49.4 Å². The van der Waals surface area contributed by atoms with Crippen LogP contribution in [0.3, 0.4) is 0 Å². The van der Waals surface area contributed by atoms with Gasteiger partial charge in [-0.2, -0.15) is 0 Å². The van der Waals surface area contributed by atoms with Gasteiger partial charge < -0.3 is 5.32 Å². The molecule has 0 aliphatic rings. The van der Waals surface area contributed by atoms with Gasteiger partial charge in [0.05, 0.1) is 10.6 Å². The molecule has 0 fully saturated rings. The lowest BCUT2D eigenvalue weighted by Gasteiger charge is -2.24. The first-order chi connectivity index (χ1) is 14.4. The fraction of sp³-hybridized carbons (Fsp3) is 0.174. The Balaban J connectivity index is 1.78. The molecule has 0 radical (unpaired) electrons. The third-order valence-electron chi connectivity index (χ3n) is 4.59. The van der Waals surface area contributed by atoms with E-state index in [-0.39, 0.29) is 17.3 Å². The molecule has 0 heterocycles. The van der Waals surface area contributed by atoms with Gasteiger partial charge in [0.1, 0.15) is 6.54 Å². The smallest absolute Gasteiger partial charge is 0.264 e. The van der Waals surface area contributed by atoms with Crippen LogP contribution in [-0.4, -0.2) is 27.4 Å². The lowest BCUT2D eigenvalue weighted by atomic mass is 10.1. The van der Waals surface area contributed by atoms with Crippen LogP contribution in [0.2, 0.25) is 5.02 Å². The van der Waals surface area contributed by atoms with Crippen LogP contribution in [0.1, 0.15) is 11.1 Å². The number of carbonyl (C=O) groups is 1. The molecule has 1 N–H and O–H groups in total. The van der Waals surface area contributed by atoms with E-state index in [9.17, 15) is 13.2 Å². The molecule has 0 unspecified atom stereocenters. The van der Waals surface area contributed by atoms with Crippen LogP contribution in [0.5, 0.6) is 0 Å².